The number of hydrogen-bond acceptors (Lipinski definition) is 5. The normalized spacial score (nSPS) is 25.8. The highest BCUT2D eigenvalue weighted by atomic mass is 16.5. The Morgan fingerprint density at radius 1 is 1.50 bits per heavy atom. The van der Waals surface area contributed by atoms with Gasteiger partial charge in [-0.3, -0.25) is 4.79 Å². The van der Waals surface area contributed by atoms with Crippen molar-refractivity contribution < 1.29 is 9.84 Å². The van der Waals surface area contributed by atoms with E-state index in [1.165, 1.54) is 0 Å². The summed E-state index contributed by atoms with van der Waals surface area (Å²) in [5.41, 5.74) is -0.440. The predicted octanol–water partition coefficient (Wildman–Crippen LogP) is 0.554. The Kier molecular flexibility index (Phi) is 3.30. The second kappa shape index (κ2) is 4.86. The molecule has 0 aromatic carbocycles. The zero-order valence-corrected chi connectivity index (χ0v) is 12.0. The van der Waals surface area contributed by atoms with E-state index in [4.69, 9.17) is 4.74 Å². The molecule has 2 fully saturated rings. The number of aliphatic hydroxyl groups excluding tert-OH is 1. The highest BCUT2D eigenvalue weighted by Gasteiger charge is 2.35. The zero-order chi connectivity index (χ0) is 14.3. The molecule has 1 aliphatic heterocycles. The summed E-state index contributed by atoms with van der Waals surface area (Å²) in [5.74, 6) is 0.467. The van der Waals surface area contributed by atoms with Crippen molar-refractivity contribution in [1.82, 2.24) is 9.55 Å². The molecule has 0 radical (unpaired) electrons. The van der Waals surface area contributed by atoms with Gasteiger partial charge in [0.25, 0.3) is 5.56 Å². The zero-order valence-electron chi connectivity index (χ0n) is 12.0. The van der Waals surface area contributed by atoms with E-state index < -0.39 is 5.60 Å². The third-order valence-corrected chi connectivity index (χ3v) is 3.77. The standard InChI is InChI=1S/C14H21N3O3/c1-14(2)9-16(7-11(8-18)20-14)12-13(19)17(6-5-15-12)10-3-4-10/h5-6,10-11,18H,3-4,7-9H2,1-2H3. The highest BCUT2D eigenvalue weighted by molar-refractivity contribution is 5.37. The monoisotopic (exact) mass is 279 g/mol. The van der Waals surface area contributed by atoms with Gasteiger partial charge >= 0.3 is 0 Å². The molecule has 110 valence electrons. The fraction of sp³-hybridized carbons (Fsp3) is 0.714. The molecule has 3 rings (SSSR count). The lowest BCUT2D eigenvalue weighted by molar-refractivity contribution is -0.101. The third kappa shape index (κ3) is 2.58. The maximum absolute atomic E-state index is 12.5. The number of aliphatic hydroxyl groups is 1. The fourth-order valence-corrected chi connectivity index (χ4v) is 2.82. The van der Waals surface area contributed by atoms with E-state index in [-0.39, 0.29) is 18.3 Å². The van der Waals surface area contributed by atoms with Gasteiger partial charge in [-0.2, -0.15) is 0 Å². The first-order valence-corrected chi connectivity index (χ1v) is 7.11. The van der Waals surface area contributed by atoms with Crippen LogP contribution in [-0.2, 0) is 4.74 Å². The molecule has 2 heterocycles. The van der Waals surface area contributed by atoms with Crippen molar-refractivity contribution >= 4 is 5.82 Å². The first kappa shape index (κ1) is 13.6. The number of nitrogens with zero attached hydrogens (tertiary/aromatic N) is 3. The van der Waals surface area contributed by atoms with E-state index in [0.717, 1.165) is 12.8 Å². The minimum atomic E-state index is -0.403. The molecule has 0 amide bonds. The predicted molar refractivity (Wildman–Crippen MR) is 75.0 cm³/mol. The number of aromatic nitrogens is 2. The summed E-state index contributed by atoms with van der Waals surface area (Å²) < 4.78 is 7.55. The Balaban J connectivity index is 1.92. The van der Waals surface area contributed by atoms with E-state index in [1.54, 1.807) is 17.0 Å². The molecule has 1 aromatic rings. The molecule has 6 heteroatoms. The van der Waals surface area contributed by atoms with Crippen molar-refractivity contribution in [2.45, 2.75) is 44.4 Å². The van der Waals surface area contributed by atoms with Crippen LogP contribution in [0.25, 0.3) is 0 Å². The van der Waals surface area contributed by atoms with Crippen LogP contribution in [0.15, 0.2) is 17.2 Å². The molecule has 0 bridgehead atoms. The smallest absolute Gasteiger partial charge is 0.293 e. The van der Waals surface area contributed by atoms with Crippen LogP contribution in [0.2, 0.25) is 0 Å². The van der Waals surface area contributed by atoms with E-state index >= 15 is 0 Å². The number of morpholine rings is 1. The lowest BCUT2D eigenvalue weighted by Crippen LogP contribution is -2.55. The molecule has 0 spiro atoms. The van der Waals surface area contributed by atoms with Crippen LogP contribution in [0.5, 0.6) is 0 Å². The Labute approximate surface area is 118 Å². The molecule has 2 aliphatic rings. The van der Waals surface area contributed by atoms with Crippen LogP contribution in [0.3, 0.4) is 0 Å². The van der Waals surface area contributed by atoms with Crippen LogP contribution in [0.4, 0.5) is 5.82 Å². The van der Waals surface area contributed by atoms with Gasteiger partial charge in [0.05, 0.1) is 18.3 Å². The lowest BCUT2D eigenvalue weighted by Gasteiger charge is -2.42. The van der Waals surface area contributed by atoms with Gasteiger partial charge in [0.2, 0.25) is 0 Å². The maximum atomic E-state index is 12.5. The van der Waals surface area contributed by atoms with Crippen molar-refractivity contribution in [3.05, 3.63) is 22.7 Å². The Hall–Kier alpha value is -1.40. The van der Waals surface area contributed by atoms with Gasteiger partial charge in [0, 0.05) is 31.5 Å². The molecule has 1 saturated heterocycles. The number of ether oxygens (including phenoxy) is 1. The summed E-state index contributed by atoms with van der Waals surface area (Å²) in [6, 6.07) is 0.340. The van der Waals surface area contributed by atoms with Crippen molar-refractivity contribution in [1.29, 1.82) is 0 Å². The molecule has 1 N–H and O–H groups in total. The van der Waals surface area contributed by atoms with Crippen LogP contribution in [-0.4, -0.2) is 46.1 Å². The third-order valence-electron chi connectivity index (χ3n) is 3.77. The molecule has 1 saturated carbocycles. The SMILES string of the molecule is CC1(C)CN(c2nccn(C3CC3)c2=O)CC(CO)O1. The Morgan fingerprint density at radius 3 is 2.90 bits per heavy atom. The summed E-state index contributed by atoms with van der Waals surface area (Å²) in [4.78, 5) is 18.7. The molecule has 20 heavy (non-hydrogen) atoms. The van der Waals surface area contributed by atoms with Gasteiger partial charge < -0.3 is 19.3 Å². The van der Waals surface area contributed by atoms with Gasteiger partial charge in [-0.25, -0.2) is 4.98 Å². The minimum absolute atomic E-state index is 0.0376. The fourth-order valence-electron chi connectivity index (χ4n) is 2.82. The van der Waals surface area contributed by atoms with E-state index in [2.05, 4.69) is 4.98 Å². The molecule has 1 aromatic heterocycles. The molecule has 1 unspecified atom stereocenters. The molecule has 6 nitrogen and oxygen atoms in total. The van der Waals surface area contributed by atoms with Gasteiger partial charge in [0.1, 0.15) is 0 Å². The van der Waals surface area contributed by atoms with Gasteiger partial charge in [-0.15, -0.1) is 0 Å². The second-order valence-corrected chi connectivity index (χ2v) is 6.26. The van der Waals surface area contributed by atoms with Crippen molar-refractivity contribution in [3.63, 3.8) is 0 Å². The minimum Gasteiger partial charge on any atom is -0.394 e. The van der Waals surface area contributed by atoms with Crippen LogP contribution < -0.4 is 10.5 Å². The quantitative estimate of drug-likeness (QED) is 0.875. The topological polar surface area (TPSA) is 67.6 Å². The lowest BCUT2D eigenvalue weighted by atomic mass is 10.1. The maximum Gasteiger partial charge on any atom is 0.293 e. The van der Waals surface area contributed by atoms with Crippen LogP contribution in [0, 0.1) is 0 Å². The molecule has 1 aliphatic carbocycles. The largest absolute Gasteiger partial charge is 0.394 e. The van der Waals surface area contributed by atoms with Crippen molar-refractivity contribution in [3.8, 4) is 0 Å². The summed E-state index contributed by atoms with van der Waals surface area (Å²) in [5, 5.41) is 9.35. The molecule has 1 atom stereocenters. The molecular weight excluding hydrogens is 258 g/mol. The van der Waals surface area contributed by atoms with Gasteiger partial charge in [-0.1, -0.05) is 0 Å². The van der Waals surface area contributed by atoms with Gasteiger partial charge in [-0.05, 0) is 26.7 Å². The Morgan fingerprint density at radius 2 is 2.25 bits per heavy atom. The first-order chi connectivity index (χ1) is 9.50. The second-order valence-electron chi connectivity index (χ2n) is 6.26. The van der Waals surface area contributed by atoms with E-state index in [0.29, 0.717) is 24.9 Å². The van der Waals surface area contributed by atoms with Gasteiger partial charge in [0.15, 0.2) is 5.82 Å². The van der Waals surface area contributed by atoms with Crippen LogP contribution >= 0.6 is 0 Å². The van der Waals surface area contributed by atoms with Crippen molar-refractivity contribution in [2.75, 3.05) is 24.6 Å². The summed E-state index contributed by atoms with van der Waals surface area (Å²) in [7, 11) is 0. The number of hydrogen-bond donors (Lipinski definition) is 1. The average Bonchev–Trinajstić information content (AvgIpc) is 3.21. The highest BCUT2D eigenvalue weighted by Crippen LogP contribution is 2.33. The number of rotatable bonds is 3. The summed E-state index contributed by atoms with van der Waals surface area (Å²) in [6.07, 6.45) is 5.30. The average molecular weight is 279 g/mol. The van der Waals surface area contributed by atoms with E-state index in [1.807, 2.05) is 18.7 Å². The van der Waals surface area contributed by atoms with Crippen molar-refractivity contribution in [2.24, 2.45) is 0 Å². The Bertz CT molecular complexity index is 551. The summed E-state index contributed by atoms with van der Waals surface area (Å²) in [6.45, 7) is 4.97. The molecular formula is C14H21N3O3. The van der Waals surface area contributed by atoms with Crippen LogP contribution in [0.1, 0.15) is 32.7 Å². The number of anilines is 1. The van der Waals surface area contributed by atoms with E-state index in [9.17, 15) is 9.90 Å². The first-order valence-electron chi connectivity index (χ1n) is 7.11. The summed E-state index contributed by atoms with van der Waals surface area (Å²) >= 11 is 0.